The number of carbonyl (C=O) groups is 3. The highest BCUT2D eigenvalue weighted by Crippen LogP contribution is 2.17. The molecule has 0 aromatic carbocycles. The molecule has 0 aromatic rings. The summed E-state index contributed by atoms with van der Waals surface area (Å²) in [5, 5.41) is 0. The molecule has 0 saturated heterocycles. The van der Waals surface area contributed by atoms with Crippen LogP contribution >= 0.6 is 0 Å². The van der Waals surface area contributed by atoms with Crippen molar-refractivity contribution in [2.45, 2.75) is 266 Å². The molecule has 0 aliphatic heterocycles. The number of hydrogen-bond acceptors (Lipinski definition) is 6. The molecule has 55 heavy (non-hydrogen) atoms. The van der Waals surface area contributed by atoms with E-state index in [1.54, 1.807) is 0 Å². The number of hydrogen-bond donors (Lipinski definition) is 0. The Labute approximate surface area is 342 Å². The molecule has 6 heteroatoms. The standard InChI is InChI=1S/C49H94O6/c1-7-45(6)37-31-25-18-15-16-20-28-34-40-49(52)55-46(42-54-48(51)39-33-27-22-21-24-30-36-44(4)5)41-53-47(50)38-32-26-19-14-12-10-8-9-11-13-17-23-29-35-43(2)3/h43-46H,7-42H2,1-6H3/t45?,46-/m1/s1. The summed E-state index contributed by atoms with van der Waals surface area (Å²) in [6.07, 6.45) is 38.1. The fourth-order valence-electron chi connectivity index (χ4n) is 7.20. The summed E-state index contributed by atoms with van der Waals surface area (Å²) in [5.74, 6) is 1.58. The van der Waals surface area contributed by atoms with Crippen molar-refractivity contribution >= 4 is 17.9 Å². The van der Waals surface area contributed by atoms with Gasteiger partial charge < -0.3 is 14.2 Å². The van der Waals surface area contributed by atoms with Crippen LogP contribution in [-0.2, 0) is 28.6 Å². The molecular weight excluding hydrogens is 685 g/mol. The van der Waals surface area contributed by atoms with Gasteiger partial charge in [0.05, 0.1) is 0 Å². The predicted molar refractivity (Wildman–Crippen MR) is 233 cm³/mol. The molecule has 0 radical (unpaired) electrons. The van der Waals surface area contributed by atoms with Gasteiger partial charge in [-0.15, -0.1) is 0 Å². The van der Waals surface area contributed by atoms with Crippen LogP contribution in [0.15, 0.2) is 0 Å². The molecule has 0 aliphatic carbocycles. The predicted octanol–water partition coefficient (Wildman–Crippen LogP) is 15.2. The number of ether oxygens (including phenoxy) is 3. The van der Waals surface area contributed by atoms with E-state index in [1.807, 2.05) is 0 Å². The first-order chi connectivity index (χ1) is 26.6. The van der Waals surface area contributed by atoms with Crippen molar-refractivity contribution < 1.29 is 28.6 Å². The van der Waals surface area contributed by atoms with Crippen molar-refractivity contribution in [1.82, 2.24) is 0 Å². The molecule has 0 N–H and O–H groups in total. The molecular formula is C49H94O6. The average Bonchev–Trinajstić information content (AvgIpc) is 3.15. The van der Waals surface area contributed by atoms with Gasteiger partial charge >= 0.3 is 17.9 Å². The molecule has 0 heterocycles. The number of carbonyl (C=O) groups excluding carboxylic acids is 3. The second-order valence-corrected chi connectivity index (χ2v) is 17.9. The summed E-state index contributed by atoms with van der Waals surface area (Å²) in [5.41, 5.74) is 0. The quantitative estimate of drug-likeness (QED) is 0.0349. The maximum absolute atomic E-state index is 12.7. The van der Waals surface area contributed by atoms with Crippen molar-refractivity contribution in [2.24, 2.45) is 17.8 Å². The zero-order valence-corrected chi connectivity index (χ0v) is 37.7. The monoisotopic (exact) mass is 779 g/mol. The van der Waals surface area contributed by atoms with Crippen molar-refractivity contribution in [3.05, 3.63) is 0 Å². The molecule has 326 valence electrons. The zero-order valence-electron chi connectivity index (χ0n) is 37.7. The normalized spacial score (nSPS) is 12.7. The minimum absolute atomic E-state index is 0.0663. The highest BCUT2D eigenvalue weighted by Gasteiger charge is 2.19. The van der Waals surface area contributed by atoms with Crippen LogP contribution in [0.4, 0.5) is 0 Å². The van der Waals surface area contributed by atoms with E-state index in [9.17, 15) is 14.4 Å². The van der Waals surface area contributed by atoms with Crippen molar-refractivity contribution in [3.63, 3.8) is 0 Å². The van der Waals surface area contributed by atoms with Crippen LogP contribution in [0.5, 0.6) is 0 Å². The summed E-state index contributed by atoms with van der Waals surface area (Å²) in [6, 6.07) is 0. The first-order valence-corrected chi connectivity index (χ1v) is 24.1. The lowest BCUT2D eigenvalue weighted by Gasteiger charge is -2.18. The molecule has 0 bridgehead atoms. The highest BCUT2D eigenvalue weighted by molar-refractivity contribution is 5.71. The molecule has 0 spiro atoms. The Hall–Kier alpha value is -1.59. The van der Waals surface area contributed by atoms with E-state index < -0.39 is 6.10 Å². The molecule has 1 unspecified atom stereocenters. The second kappa shape index (κ2) is 40.6. The smallest absolute Gasteiger partial charge is 0.306 e. The lowest BCUT2D eigenvalue weighted by atomic mass is 9.99. The highest BCUT2D eigenvalue weighted by atomic mass is 16.6. The average molecular weight is 779 g/mol. The van der Waals surface area contributed by atoms with Gasteiger partial charge in [-0.05, 0) is 37.0 Å². The third-order valence-corrected chi connectivity index (χ3v) is 11.3. The van der Waals surface area contributed by atoms with Crippen molar-refractivity contribution in [1.29, 1.82) is 0 Å². The lowest BCUT2D eigenvalue weighted by molar-refractivity contribution is -0.167. The van der Waals surface area contributed by atoms with Gasteiger partial charge in [-0.25, -0.2) is 0 Å². The minimum atomic E-state index is -0.762. The Morgan fingerprint density at radius 1 is 0.364 bits per heavy atom. The van der Waals surface area contributed by atoms with E-state index in [-0.39, 0.29) is 31.1 Å². The Kier molecular flexibility index (Phi) is 39.4. The second-order valence-electron chi connectivity index (χ2n) is 17.9. The number of unbranched alkanes of at least 4 members (excludes halogenated alkanes) is 24. The van der Waals surface area contributed by atoms with Gasteiger partial charge in [0, 0.05) is 19.3 Å². The summed E-state index contributed by atoms with van der Waals surface area (Å²) < 4.78 is 16.7. The number of esters is 3. The Morgan fingerprint density at radius 3 is 0.945 bits per heavy atom. The zero-order chi connectivity index (χ0) is 40.6. The summed E-state index contributed by atoms with van der Waals surface area (Å²) in [6.45, 7) is 13.6. The van der Waals surface area contributed by atoms with Gasteiger partial charge in [-0.2, -0.15) is 0 Å². The van der Waals surface area contributed by atoms with Crippen LogP contribution in [0.2, 0.25) is 0 Å². The Morgan fingerprint density at radius 2 is 0.636 bits per heavy atom. The lowest BCUT2D eigenvalue weighted by Crippen LogP contribution is -2.30. The molecule has 0 fully saturated rings. The van der Waals surface area contributed by atoms with Gasteiger partial charge in [-0.1, -0.05) is 221 Å². The topological polar surface area (TPSA) is 78.9 Å². The van der Waals surface area contributed by atoms with Gasteiger partial charge in [0.25, 0.3) is 0 Å². The third-order valence-electron chi connectivity index (χ3n) is 11.3. The van der Waals surface area contributed by atoms with E-state index in [0.29, 0.717) is 19.3 Å². The maximum Gasteiger partial charge on any atom is 0.306 e. The van der Waals surface area contributed by atoms with Crippen LogP contribution in [0.25, 0.3) is 0 Å². The molecule has 0 saturated carbocycles. The fourth-order valence-corrected chi connectivity index (χ4v) is 7.20. The summed E-state index contributed by atoms with van der Waals surface area (Å²) in [4.78, 5) is 37.8. The van der Waals surface area contributed by atoms with Gasteiger partial charge in [-0.3, -0.25) is 14.4 Å². The molecule has 6 nitrogen and oxygen atoms in total. The van der Waals surface area contributed by atoms with Crippen LogP contribution < -0.4 is 0 Å². The van der Waals surface area contributed by atoms with E-state index in [2.05, 4.69) is 41.5 Å². The van der Waals surface area contributed by atoms with Gasteiger partial charge in [0.15, 0.2) is 6.10 Å². The molecule has 0 rings (SSSR count). The first-order valence-electron chi connectivity index (χ1n) is 24.1. The van der Waals surface area contributed by atoms with E-state index in [1.165, 1.54) is 141 Å². The molecule has 0 aromatic heterocycles. The van der Waals surface area contributed by atoms with Crippen LogP contribution in [-0.4, -0.2) is 37.2 Å². The molecule has 0 aliphatic rings. The summed E-state index contributed by atoms with van der Waals surface area (Å²) >= 11 is 0. The van der Waals surface area contributed by atoms with Gasteiger partial charge in [0.1, 0.15) is 13.2 Å². The Balaban J connectivity index is 4.29. The third kappa shape index (κ3) is 41.9. The SMILES string of the molecule is CCC(C)CCCCCCCCCCC(=O)O[C@H](COC(=O)CCCCCCCCCCCCCCCC(C)C)COC(=O)CCCCCCCCC(C)C. The van der Waals surface area contributed by atoms with E-state index in [4.69, 9.17) is 14.2 Å². The summed E-state index contributed by atoms with van der Waals surface area (Å²) in [7, 11) is 0. The Bertz CT molecular complexity index is 854. The van der Waals surface area contributed by atoms with Crippen molar-refractivity contribution in [2.75, 3.05) is 13.2 Å². The van der Waals surface area contributed by atoms with Crippen LogP contribution in [0.3, 0.4) is 0 Å². The molecule has 2 atom stereocenters. The van der Waals surface area contributed by atoms with E-state index >= 15 is 0 Å². The largest absolute Gasteiger partial charge is 0.462 e. The maximum atomic E-state index is 12.7. The fraction of sp³-hybridized carbons (Fsp3) is 0.939. The number of rotatable bonds is 42. The molecule has 0 amide bonds. The first kappa shape index (κ1) is 53.4. The van der Waals surface area contributed by atoms with E-state index in [0.717, 1.165) is 75.5 Å². The van der Waals surface area contributed by atoms with Gasteiger partial charge in [0.2, 0.25) is 0 Å². The minimum Gasteiger partial charge on any atom is -0.462 e. The van der Waals surface area contributed by atoms with Crippen molar-refractivity contribution in [3.8, 4) is 0 Å². The van der Waals surface area contributed by atoms with Crippen LogP contribution in [0, 0.1) is 17.8 Å². The van der Waals surface area contributed by atoms with Crippen LogP contribution in [0.1, 0.15) is 260 Å².